The topological polar surface area (TPSA) is 80.8 Å². The van der Waals surface area contributed by atoms with Crippen molar-refractivity contribution in [2.75, 3.05) is 7.11 Å². The van der Waals surface area contributed by atoms with Gasteiger partial charge in [0.05, 0.1) is 23.7 Å². The standard InChI is InChI=1S/C17H12N4O2/c1-23-17(22)11-8-6-10(7-9-11)14-16-15(19-21-20-16)12-4-2-3-5-13(12)18-14/h2-9H,1H3,(H,19,20,21). The molecule has 4 rings (SSSR count). The number of hydrogen-bond acceptors (Lipinski definition) is 5. The quantitative estimate of drug-likeness (QED) is 0.576. The first kappa shape index (κ1) is 13.4. The van der Waals surface area contributed by atoms with Gasteiger partial charge in [-0.25, -0.2) is 9.78 Å². The van der Waals surface area contributed by atoms with Crippen molar-refractivity contribution < 1.29 is 9.53 Å². The molecule has 112 valence electrons. The van der Waals surface area contributed by atoms with E-state index < -0.39 is 0 Å². The molecule has 23 heavy (non-hydrogen) atoms. The van der Waals surface area contributed by atoms with Crippen molar-refractivity contribution in [2.24, 2.45) is 0 Å². The SMILES string of the molecule is COC(=O)c1ccc(-c2nc3ccccc3c3[nH]nnc23)cc1. The fourth-order valence-corrected chi connectivity index (χ4v) is 2.62. The number of aromatic amines is 1. The number of carbonyl (C=O) groups excluding carboxylic acids is 1. The molecule has 0 spiro atoms. The van der Waals surface area contributed by atoms with Gasteiger partial charge in [0.2, 0.25) is 0 Å². The predicted octanol–water partition coefficient (Wildman–Crippen LogP) is 2.96. The second-order valence-corrected chi connectivity index (χ2v) is 5.08. The number of pyridine rings is 1. The zero-order valence-electron chi connectivity index (χ0n) is 12.3. The summed E-state index contributed by atoms with van der Waals surface area (Å²) in [6.07, 6.45) is 0. The van der Waals surface area contributed by atoms with Gasteiger partial charge in [-0.2, -0.15) is 0 Å². The molecule has 0 radical (unpaired) electrons. The fourth-order valence-electron chi connectivity index (χ4n) is 2.62. The smallest absolute Gasteiger partial charge is 0.337 e. The molecule has 0 bridgehead atoms. The molecule has 0 aliphatic heterocycles. The lowest BCUT2D eigenvalue weighted by Crippen LogP contribution is -2.00. The molecule has 0 aliphatic rings. The third-order valence-corrected chi connectivity index (χ3v) is 3.76. The van der Waals surface area contributed by atoms with Crippen LogP contribution in [0, 0.1) is 0 Å². The Balaban J connectivity index is 1.93. The number of benzene rings is 2. The Morgan fingerprint density at radius 2 is 1.87 bits per heavy atom. The lowest BCUT2D eigenvalue weighted by molar-refractivity contribution is 0.0601. The zero-order chi connectivity index (χ0) is 15.8. The fraction of sp³-hybridized carbons (Fsp3) is 0.0588. The van der Waals surface area contributed by atoms with Crippen molar-refractivity contribution in [3.8, 4) is 11.3 Å². The maximum absolute atomic E-state index is 11.5. The highest BCUT2D eigenvalue weighted by molar-refractivity contribution is 6.06. The van der Waals surface area contributed by atoms with E-state index in [9.17, 15) is 4.79 Å². The molecule has 4 aromatic rings. The van der Waals surface area contributed by atoms with Crippen LogP contribution in [-0.2, 0) is 4.74 Å². The predicted molar refractivity (Wildman–Crippen MR) is 86.0 cm³/mol. The van der Waals surface area contributed by atoms with Gasteiger partial charge in [0.1, 0.15) is 11.2 Å². The number of hydrogen-bond donors (Lipinski definition) is 1. The Hall–Kier alpha value is -3.28. The van der Waals surface area contributed by atoms with Gasteiger partial charge < -0.3 is 4.74 Å². The van der Waals surface area contributed by atoms with Crippen LogP contribution in [0.25, 0.3) is 33.2 Å². The number of methoxy groups -OCH3 is 1. The van der Waals surface area contributed by atoms with E-state index in [4.69, 9.17) is 9.72 Å². The summed E-state index contributed by atoms with van der Waals surface area (Å²) in [5, 5.41) is 12.0. The molecule has 0 saturated heterocycles. The van der Waals surface area contributed by atoms with Gasteiger partial charge in [0.15, 0.2) is 0 Å². The van der Waals surface area contributed by atoms with E-state index in [1.807, 2.05) is 36.4 Å². The summed E-state index contributed by atoms with van der Waals surface area (Å²) in [6.45, 7) is 0. The average Bonchev–Trinajstić information content (AvgIpc) is 3.10. The van der Waals surface area contributed by atoms with Crippen molar-refractivity contribution in [2.45, 2.75) is 0 Å². The second-order valence-electron chi connectivity index (χ2n) is 5.08. The first-order valence-electron chi connectivity index (χ1n) is 7.06. The number of ether oxygens (including phenoxy) is 1. The van der Waals surface area contributed by atoms with Gasteiger partial charge >= 0.3 is 5.97 Å². The molecule has 0 atom stereocenters. The maximum Gasteiger partial charge on any atom is 0.337 e. The minimum atomic E-state index is -0.366. The number of aromatic nitrogens is 4. The van der Waals surface area contributed by atoms with Gasteiger partial charge in [-0.15, -0.1) is 5.10 Å². The Kier molecular flexibility index (Phi) is 3.01. The van der Waals surface area contributed by atoms with Crippen LogP contribution in [0.2, 0.25) is 0 Å². The number of para-hydroxylation sites is 1. The highest BCUT2D eigenvalue weighted by atomic mass is 16.5. The Morgan fingerprint density at radius 1 is 1.09 bits per heavy atom. The largest absolute Gasteiger partial charge is 0.465 e. The van der Waals surface area contributed by atoms with E-state index in [2.05, 4.69) is 15.4 Å². The van der Waals surface area contributed by atoms with E-state index in [0.29, 0.717) is 11.1 Å². The Bertz CT molecular complexity index is 1020. The van der Waals surface area contributed by atoms with Crippen LogP contribution in [0.15, 0.2) is 48.5 Å². The minimum Gasteiger partial charge on any atom is -0.465 e. The summed E-state index contributed by atoms with van der Waals surface area (Å²) in [5.41, 5.74) is 4.50. The molecule has 1 N–H and O–H groups in total. The molecular weight excluding hydrogens is 292 g/mol. The molecule has 0 saturated carbocycles. The van der Waals surface area contributed by atoms with Gasteiger partial charge in [-0.1, -0.05) is 35.5 Å². The molecule has 6 nitrogen and oxygen atoms in total. The first-order valence-corrected chi connectivity index (χ1v) is 7.06. The number of nitrogens with zero attached hydrogens (tertiary/aromatic N) is 3. The van der Waals surface area contributed by atoms with Crippen molar-refractivity contribution in [3.63, 3.8) is 0 Å². The molecule has 0 fully saturated rings. The van der Waals surface area contributed by atoms with Gasteiger partial charge in [0, 0.05) is 10.9 Å². The van der Waals surface area contributed by atoms with Gasteiger partial charge in [-0.05, 0) is 18.2 Å². The van der Waals surface area contributed by atoms with Crippen LogP contribution in [-0.4, -0.2) is 33.5 Å². The summed E-state index contributed by atoms with van der Waals surface area (Å²) < 4.78 is 4.72. The van der Waals surface area contributed by atoms with E-state index >= 15 is 0 Å². The van der Waals surface area contributed by atoms with Crippen molar-refractivity contribution in [1.82, 2.24) is 20.4 Å². The molecular formula is C17H12N4O2. The monoisotopic (exact) mass is 304 g/mol. The third kappa shape index (κ3) is 2.12. The van der Waals surface area contributed by atoms with Gasteiger partial charge in [0.25, 0.3) is 0 Å². The van der Waals surface area contributed by atoms with Crippen LogP contribution in [0.1, 0.15) is 10.4 Å². The second kappa shape index (κ2) is 5.17. The van der Waals surface area contributed by atoms with E-state index in [1.165, 1.54) is 7.11 Å². The summed E-state index contributed by atoms with van der Waals surface area (Å²) in [5.74, 6) is -0.366. The molecule has 0 unspecified atom stereocenters. The number of esters is 1. The minimum absolute atomic E-state index is 0.366. The van der Waals surface area contributed by atoms with Crippen molar-refractivity contribution in [1.29, 1.82) is 0 Å². The van der Waals surface area contributed by atoms with Crippen molar-refractivity contribution >= 4 is 27.9 Å². The summed E-state index contributed by atoms with van der Waals surface area (Å²) >= 11 is 0. The number of carbonyl (C=O) groups is 1. The summed E-state index contributed by atoms with van der Waals surface area (Å²) in [6, 6.07) is 14.9. The number of rotatable bonds is 2. The van der Waals surface area contributed by atoms with Crippen LogP contribution in [0.3, 0.4) is 0 Å². The summed E-state index contributed by atoms with van der Waals surface area (Å²) in [4.78, 5) is 16.2. The number of fused-ring (bicyclic) bond motifs is 3. The van der Waals surface area contributed by atoms with Crippen molar-refractivity contribution in [3.05, 3.63) is 54.1 Å². The van der Waals surface area contributed by atoms with E-state index in [-0.39, 0.29) is 5.97 Å². The van der Waals surface area contributed by atoms with Crippen LogP contribution in [0.5, 0.6) is 0 Å². The molecule has 6 heteroatoms. The Labute approximate surface area is 131 Å². The lowest BCUT2D eigenvalue weighted by Gasteiger charge is -2.06. The van der Waals surface area contributed by atoms with Gasteiger partial charge in [-0.3, -0.25) is 5.10 Å². The third-order valence-electron chi connectivity index (χ3n) is 3.76. The van der Waals surface area contributed by atoms with E-state index in [0.717, 1.165) is 27.7 Å². The summed E-state index contributed by atoms with van der Waals surface area (Å²) in [7, 11) is 1.36. The van der Waals surface area contributed by atoms with Crippen LogP contribution in [0.4, 0.5) is 0 Å². The lowest BCUT2D eigenvalue weighted by atomic mass is 10.1. The average molecular weight is 304 g/mol. The Morgan fingerprint density at radius 3 is 2.65 bits per heavy atom. The molecule has 2 heterocycles. The van der Waals surface area contributed by atoms with E-state index in [1.54, 1.807) is 12.1 Å². The molecule has 2 aromatic carbocycles. The highest BCUT2D eigenvalue weighted by Gasteiger charge is 2.14. The van der Waals surface area contributed by atoms with Crippen LogP contribution < -0.4 is 0 Å². The molecule has 0 aliphatic carbocycles. The van der Waals surface area contributed by atoms with Crippen LogP contribution >= 0.6 is 0 Å². The normalized spacial score (nSPS) is 11.0. The first-order chi connectivity index (χ1) is 11.3. The maximum atomic E-state index is 11.5. The zero-order valence-corrected chi connectivity index (χ0v) is 12.3. The number of H-pyrrole nitrogens is 1. The number of nitrogens with one attached hydrogen (secondary N) is 1. The molecule has 2 aromatic heterocycles. The molecule has 0 amide bonds. The highest BCUT2D eigenvalue weighted by Crippen LogP contribution is 2.29.